The second-order valence-electron chi connectivity index (χ2n) is 6.99. The Hall–Kier alpha value is -1.00. The van der Waals surface area contributed by atoms with Crippen LogP contribution in [0.15, 0.2) is 12.2 Å². The van der Waals surface area contributed by atoms with Gasteiger partial charge in [0.15, 0.2) is 0 Å². The Morgan fingerprint density at radius 2 is 1.30 bits per heavy atom. The molecular formula is C18H28F3NO. The average molecular weight is 331 g/mol. The highest BCUT2D eigenvalue weighted by Gasteiger charge is 2.49. The van der Waals surface area contributed by atoms with Gasteiger partial charge in [0.1, 0.15) is 0 Å². The molecular weight excluding hydrogens is 303 g/mol. The molecule has 2 rings (SSSR count). The van der Waals surface area contributed by atoms with Gasteiger partial charge in [-0.2, -0.15) is 13.2 Å². The zero-order chi connectivity index (χ0) is 16.8. The number of carbonyl (C=O) groups excluding carboxylic acids is 1. The Morgan fingerprint density at radius 3 is 1.83 bits per heavy atom. The van der Waals surface area contributed by atoms with E-state index in [0.29, 0.717) is 25.7 Å². The molecule has 5 heteroatoms. The Labute approximate surface area is 137 Å². The first-order valence-electron chi connectivity index (χ1n) is 9.00. The van der Waals surface area contributed by atoms with Crippen LogP contribution in [0.5, 0.6) is 0 Å². The molecule has 0 aromatic heterocycles. The van der Waals surface area contributed by atoms with E-state index >= 15 is 0 Å². The van der Waals surface area contributed by atoms with Crippen molar-refractivity contribution in [3.63, 3.8) is 0 Å². The van der Waals surface area contributed by atoms with Crippen molar-refractivity contribution in [1.29, 1.82) is 0 Å². The Kier molecular flexibility index (Phi) is 6.54. The zero-order valence-electron chi connectivity index (χ0n) is 13.8. The predicted molar refractivity (Wildman–Crippen MR) is 85.0 cm³/mol. The van der Waals surface area contributed by atoms with E-state index < -0.39 is 17.6 Å². The Bertz CT molecular complexity index is 409. The highest BCUT2D eigenvalue weighted by molar-refractivity contribution is 5.82. The molecule has 0 saturated carbocycles. The maximum Gasteiger partial charge on any atom is 0.471 e. The van der Waals surface area contributed by atoms with E-state index in [1.807, 2.05) is 12.2 Å². The van der Waals surface area contributed by atoms with Crippen molar-refractivity contribution in [2.24, 2.45) is 0 Å². The number of halogens is 3. The Balaban J connectivity index is 2.16. The van der Waals surface area contributed by atoms with E-state index in [2.05, 4.69) is 0 Å². The third kappa shape index (κ3) is 4.98. The van der Waals surface area contributed by atoms with Crippen LogP contribution in [0, 0.1) is 0 Å². The number of nitrogens with zero attached hydrogens (tertiary/aromatic N) is 1. The summed E-state index contributed by atoms with van der Waals surface area (Å²) >= 11 is 0. The van der Waals surface area contributed by atoms with Gasteiger partial charge in [0.05, 0.1) is 5.54 Å². The van der Waals surface area contributed by atoms with E-state index in [1.54, 1.807) is 0 Å². The monoisotopic (exact) mass is 331 g/mol. The van der Waals surface area contributed by atoms with Crippen molar-refractivity contribution in [3.8, 4) is 0 Å². The maximum absolute atomic E-state index is 13.1. The predicted octanol–water partition coefficient (Wildman–Crippen LogP) is 5.38. The van der Waals surface area contributed by atoms with Gasteiger partial charge in [0.25, 0.3) is 0 Å². The number of amides is 1. The maximum atomic E-state index is 13.1. The van der Waals surface area contributed by atoms with E-state index in [-0.39, 0.29) is 6.54 Å². The minimum Gasteiger partial charge on any atom is -0.329 e. The van der Waals surface area contributed by atoms with Crippen molar-refractivity contribution in [1.82, 2.24) is 4.90 Å². The minimum absolute atomic E-state index is 0.236. The molecule has 0 aromatic carbocycles. The summed E-state index contributed by atoms with van der Waals surface area (Å²) in [6, 6.07) is 0. The molecule has 0 aromatic rings. The smallest absolute Gasteiger partial charge is 0.329 e. The molecule has 0 atom stereocenters. The summed E-state index contributed by atoms with van der Waals surface area (Å²) in [6.07, 6.45) is 10.2. The lowest BCUT2D eigenvalue weighted by molar-refractivity contribution is -0.192. The van der Waals surface area contributed by atoms with Gasteiger partial charge >= 0.3 is 12.1 Å². The number of alkyl halides is 3. The van der Waals surface area contributed by atoms with Gasteiger partial charge in [0.2, 0.25) is 0 Å². The zero-order valence-corrected chi connectivity index (χ0v) is 13.8. The molecule has 1 aliphatic heterocycles. The van der Waals surface area contributed by atoms with Crippen LogP contribution < -0.4 is 0 Å². The van der Waals surface area contributed by atoms with E-state index in [9.17, 15) is 18.0 Å². The van der Waals surface area contributed by atoms with Gasteiger partial charge in [-0.25, -0.2) is 0 Å². The quantitative estimate of drug-likeness (QED) is 0.546. The van der Waals surface area contributed by atoms with Crippen molar-refractivity contribution in [2.45, 2.75) is 88.8 Å². The third-order valence-corrected chi connectivity index (χ3v) is 5.25. The lowest BCUT2D eigenvalue weighted by atomic mass is 9.87. The molecule has 2 nitrogen and oxygen atoms in total. The van der Waals surface area contributed by atoms with E-state index in [4.69, 9.17) is 0 Å². The molecule has 0 N–H and O–H groups in total. The van der Waals surface area contributed by atoms with Gasteiger partial charge in [-0.1, -0.05) is 63.5 Å². The largest absolute Gasteiger partial charge is 0.471 e. The van der Waals surface area contributed by atoms with Crippen LogP contribution >= 0.6 is 0 Å². The molecule has 1 aliphatic carbocycles. The number of carbonyl (C=O) groups is 1. The summed E-state index contributed by atoms with van der Waals surface area (Å²) < 4.78 is 39.3. The van der Waals surface area contributed by atoms with Crippen molar-refractivity contribution < 1.29 is 18.0 Å². The number of hydrogen-bond acceptors (Lipinski definition) is 1. The van der Waals surface area contributed by atoms with Crippen LogP contribution in [0.2, 0.25) is 0 Å². The second kappa shape index (κ2) is 8.20. The van der Waals surface area contributed by atoms with Crippen LogP contribution in [0.25, 0.3) is 0 Å². The molecule has 1 spiro atoms. The highest BCUT2D eigenvalue weighted by atomic mass is 19.4. The number of hydrogen-bond donors (Lipinski definition) is 0. The SMILES string of the molecule is O=C(N1CCCCCCCCCCCC12CC=CC2)C(F)(F)F. The van der Waals surface area contributed by atoms with E-state index in [1.165, 1.54) is 17.7 Å². The van der Waals surface area contributed by atoms with Crippen molar-refractivity contribution in [3.05, 3.63) is 12.2 Å². The van der Waals surface area contributed by atoms with Gasteiger partial charge in [-0.05, 0) is 25.7 Å². The molecule has 23 heavy (non-hydrogen) atoms. The topological polar surface area (TPSA) is 20.3 Å². The van der Waals surface area contributed by atoms with Gasteiger partial charge in [-0.3, -0.25) is 4.79 Å². The summed E-state index contributed by atoms with van der Waals surface area (Å²) in [6.45, 7) is 0.236. The summed E-state index contributed by atoms with van der Waals surface area (Å²) in [7, 11) is 0. The van der Waals surface area contributed by atoms with Crippen LogP contribution in [0.3, 0.4) is 0 Å². The first kappa shape index (κ1) is 18.3. The molecule has 1 amide bonds. The standard InChI is InChI=1S/C18H28F3NO/c19-18(20,21)16(23)22-15-11-7-5-3-1-2-4-6-8-12-17(22)13-9-10-14-17/h9-10H,1-8,11-15H2. The molecule has 0 unspecified atom stereocenters. The average Bonchev–Trinajstić information content (AvgIpc) is 2.96. The van der Waals surface area contributed by atoms with Crippen LogP contribution in [0.1, 0.15) is 77.0 Å². The molecule has 0 bridgehead atoms. The number of rotatable bonds is 0. The lowest BCUT2D eigenvalue weighted by Crippen LogP contribution is -2.55. The molecule has 0 radical (unpaired) electrons. The van der Waals surface area contributed by atoms with Gasteiger partial charge in [-0.15, -0.1) is 0 Å². The van der Waals surface area contributed by atoms with Crippen LogP contribution in [0.4, 0.5) is 13.2 Å². The summed E-state index contributed by atoms with van der Waals surface area (Å²) in [5.41, 5.74) is -0.638. The molecule has 1 saturated heterocycles. The molecule has 132 valence electrons. The molecule has 2 aliphatic rings. The lowest BCUT2D eigenvalue weighted by Gasteiger charge is -2.42. The van der Waals surface area contributed by atoms with Gasteiger partial charge < -0.3 is 4.90 Å². The Morgan fingerprint density at radius 1 is 0.826 bits per heavy atom. The fourth-order valence-corrected chi connectivity index (χ4v) is 3.92. The van der Waals surface area contributed by atoms with Crippen molar-refractivity contribution in [2.75, 3.05) is 6.54 Å². The van der Waals surface area contributed by atoms with E-state index in [0.717, 1.165) is 38.5 Å². The third-order valence-electron chi connectivity index (χ3n) is 5.25. The minimum atomic E-state index is -4.77. The second-order valence-corrected chi connectivity index (χ2v) is 6.99. The summed E-state index contributed by atoms with van der Waals surface area (Å²) in [4.78, 5) is 13.2. The fourth-order valence-electron chi connectivity index (χ4n) is 3.92. The normalized spacial score (nSPS) is 24.0. The summed E-state index contributed by atoms with van der Waals surface area (Å²) in [5, 5.41) is 0. The highest BCUT2D eigenvalue weighted by Crippen LogP contribution is 2.38. The summed E-state index contributed by atoms with van der Waals surface area (Å²) in [5.74, 6) is -1.64. The van der Waals surface area contributed by atoms with Gasteiger partial charge in [0, 0.05) is 6.54 Å². The van der Waals surface area contributed by atoms with Crippen LogP contribution in [-0.2, 0) is 4.79 Å². The van der Waals surface area contributed by atoms with Crippen molar-refractivity contribution >= 4 is 5.91 Å². The molecule has 1 heterocycles. The first-order valence-corrected chi connectivity index (χ1v) is 9.00. The fraction of sp³-hybridized carbons (Fsp3) is 0.833. The molecule has 1 fully saturated rings. The first-order chi connectivity index (χ1) is 11.0. The van der Waals surface area contributed by atoms with Crippen LogP contribution in [-0.4, -0.2) is 29.1 Å².